The van der Waals surface area contributed by atoms with Crippen LogP contribution in [0.5, 0.6) is 0 Å². The molecule has 0 saturated carbocycles. The molecule has 2 heterocycles. The SMILES string of the molecule is O=C(NCC(=O)N1CCN(c2ccccc2)CC1)c1ccc([N+](=O)[O-])o1. The molecule has 1 N–H and O–H groups in total. The molecule has 0 bridgehead atoms. The van der Waals surface area contributed by atoms with Crippen molar-refractivity contribution in [2.75, 3.05) is 37.6 Å². The number of anilines is 1. The summed E-state index contributed by atoms with van der Waals surface area (Å²) in [6.07, 6.45) is 0. The predicted molar refractivity (Wildman–Crippen MR) is 92.9 cm³/mol. The Morgan fingerprint density at radius 3 is 2.38 bits per heavy atom. The standard InChI is InChI=1S/C17H18N4O5/c22-15(12-18-17(23)14-6-7-16(26-14)21(24)25)20-10-8-19(9-11-20)13-4-2-1-3-5-13/h1-7H,8-12H2,(H,18,23). The van der Waals surface area contributed by atoms with Crippen molar-refractivity contribution in [3.8, 4) is 0 Å². The molecular formula is C17H18N4O5. The summed E-state index contributed by atoms with van der Waals surface area (Å²) < 4.78 is 4.81. The average Bonchev–Trinajstić information content (AvgIpc) is 3.17. The molecule has 0 atom stereocenters. The molecule has 2 amide bonds. The number of amides is 2. The number of carbonyl (C=O) groups is 2. The van der Waals surface area contributed by atoms with Crippen LogP contribution in [-0.4, -0.2) is 54.4 Å². The van der Waals surface area contributed by atoms with Crippen molar-refractivity contribution in [1.82, 2.24) is 10.2 Å². The fourth-order valence-electron chi connectivity index (χ4n) is 2.76. The molecule has 9 heteroatoms. The Balaban J connectivity index is 1.47. The summed E-state index contributed by atoms with van der Waals surface area (Å²) in [5, 5.41) is 13.0. The molecule has 1 aromatic heterocycles. The summed E-state index contributed by atoms with van der Waals surface area (Å²) >= 11 is 0. The number of hydrogen-bond donors (Lipinski definition) is 1. The van der Waals surface area contributed by atoms with E-state index in [1.165, 1.54) is 6.07 Å². The van der Waals surface area contributed by atoms with Gasteiger partial charge in [0, 0.05) is 31.9 Å². The van der Waals surface area contributed by atoms with Crippen LogP contribution in [0.25, 0.3) is 0 Å². The molecular weight excluding hydrogens is 340 g/mol. The highest BCUT2D eigenvalue weighted by Crippen LogP contribution is 2.16. The molecule has 0 unspecified atom stereocenters. The zero-order valence-electron chi connectivity index (χ0n) is 14.0. The van der Waals surface area contributed by atoms with E-state index in [4.69, 9.17) is 4.42 Å². The van der Waals surface area contributed by atoms with Crippen LogP contribution in [0.3, 0.4) is 0 Å². The van der Waals surface area contributed by atoms with Crippen molar-refractivity contribution in [3.05, 3.63) is 58.3 Å². The number of furan rings is 1. The molecule has 3 rings (SSSR count). The van der Waals surface area contributed by atoms with Crippen LogP contribution in [0.15, 0.2) is 46.9 Å². The van der Waals surface area contributed by atoms with Crippen molar-refractivity contribution < 1.29 is 18.9 Å². The van der Waals surface area contributed by atoms with E-state index in [1.807, 2.05) is 30.3 Å². The van der Waals surface area contributed by atoms with Gasteiger partial charge in [-0.25, -0.2) is 0 Å². The molecule has 1 saturated heterocycles. The lowest BCUT2D eigenvalue weighted by atomic mass is 10.2. The Morgan fingerprint density at radius 2 is 1.77 bits per heavy atom. The number of nitro groups is 1. The van der Waals surface area contributed by atoms with E-state index < -0.39 is 16.7 Å². The molecule has 136 valence electrons. The van der Waals surface area contributed by atoms with E-state index in [1.54, 1.807) is 4.90 Å². The van der Waals surface area contributed by atoms with Crippen molar-refractivity contribution in [2.45, 2.75) is 0 Å². The Bertz CT molecular complexity index is 796. The first kappa shape index (κ1) is 17.5. The first-order valence-electron chi connectivity index (χ1n) is 8.15. The number of nitrogens with zero attached hydrogens (tertiary/aromatic N) is 3. The fraction of sp³-hybridized carbons (Fsp3) is 0.294. The first-order valence-corrected chi connectivity index (χ1v) is 8.15. The number of piperazine rings is 1. The third-order valence-corrected chi connectivity index (χ3v) is 4.15. The monoisotopic (exact) mass is 358 g/mol. The molecule has 1 aromatic carbocycles. The van der Waals surface area contributed by atoms with Crippen molar-refractivity contribution in [2.24, 2.45) is 0 Å². The van der Waals surface area contributed by atoms with Gasteiger partial charge >= 0.3 is 5.88 Å². The molecule has 9 nitrogen and oxygen atoms in total. The molecule has 2 aromatic rings. The normalized spacial score (nSPS) is 14.2. The second kappa shape index (κ2) is 7.68. The van der Waals surface area contributed by atoms with Crippen LogP contribution in [-0.2, 0) is 4.79 Å². The van der Waals surface area contributed by atoms with Gasteiger partial charge in [-0.3, -0.25) is 19.7 Å². The predicted octanol–water partition coefficient (Wildman–Crippen LogP) is 1.27. The van der Waals surface area contributed by atoms with Gasteiger partial charge in [0.1, 0.15) is 4.92 Å². The van der Waals surface area contributed by atoms with Crippen molar-refractivity contribution in [1.29, 1.82) is 0 Å². The Labute approximate surface area is 149 Å². The van der Waals surface area contributed by atoms with Crippen LogP contribution < -0.4 is 10.2 Å². The molecule has 26 heavy (non-hydrogen) atoms. The van der Waals surface area contributed by atoms with Crippen molar-refractivity contribution in [3.63, 3.8) is 0 Å². The van der Waals surface area contributed by atoms with Gasteiger partial charge in [0.15, 0.2) is 5.76 Å². The minimum absolute atomic E-state index is 0.182. The van der Waals surface area contributed by atoms with Gasteiger partial charge in [0.05, 0.1) is 12.6 Å². The molecule has 0 aliphatic carbocycles. The van der Waals surface area contributed by atoms with Gasteiger partial charge in [0.25, 0.3) is 5.91 Å². The van der Waals surface area contributed by atoms with Gasteiger partial charge < -0.3 is 19.5 Å². The Morgan fingerprint density at radius 1 is 1.08 bits per heavy atom. The molecule has 1 fully saturated rings. The van der Waals surface area contributed by atoms with E-state index in [2.05, 4.69) is 10.2 Å². The maximum absolute atomic E-state index is 12.2. The summed E-state index contributed by atoms with van der Waals surface area (Å²) in [5.74, 6) is -1.57. The summed E-state index contributed by atoms with van der Waals surface area (Å²) in [6.45, 7) is 2.38. The fourth-order valence-corrected chi connectivity index (χ4v) is 2.76. The molecule has 0 radical (unpaired) electrons. The van der Waals surface area contributed by atoms with Gasteiger partial charge in [-0.05, 0) is 18.2 Å². The van der Waals surface area contributed by atoms with Crippen LogP contribution in [0.1, 0.15) is 10.6 Å². The highest BCUT2D eigenvalue weighted by Gasteiger charge is 2.23. The number of hydrogen-bond acceptors (Lipinski definition) is 6. The van der Waals surface area contributed by atoms with E-state index in [0.29, 0.717) is 26.2 Å². The number of rotatable bonds is 5. The molecule has 1 aliphatic rings. The van der Waals surface area contributed by atoms with Gasteiger partial charge in [-0.15, -0.1) is 0 Å². The summed E-state index contributed by atoms with van der Waals surface area (Å²) in [4.78, 5) is 37.9. The Hall–Kier alpha value is -3.36. The van der Waals surface area contributed by atoms with Crippen LogP contribution in [0.4, 0.5) is 11.6 Å². The first-order chi connectivity index (χ1) is 12.5. The number of carbonyl (C=O) groups excluding carboxylic acids is 2. The summed E-state index contributed by atoms with van der Waals surface area (Å²) in [6, 6.07) is 12.3. The largest absolute Gasteiger partial charge is 0.433 e. The molecule has 1 aliphatic heterocycles. The van der Waals surface area contributed by atoms with E-state index in [0.717, 1.165) is 11.8 Å². The highest BCUT2D eigenvalue weighted by atomic mass is 16.6. The average molecular weight is 358 g/mol. The minimum atomic E-state index is -0.728. The maximum atomic E-state index is 12.2. The van der Waals surface area contributed by atoms with Crippen molar-refractivity contribution >= 4 is 23.4 Å². The second-order valence-electron chi connectivity index (χ2n) is 5.78. The van der Waals surface area contributed by atoms with Crippen LogP contribution in [0.2, 0.25) is 0 Å². The van der Waals surface area contributed by atoms with Gasteiger partial charge in [-0.2, -0.15) is 0 Å². The smallest absolute Gasteiger partial charge is 0.395 e. The minimum Gasteiger partial charge on any atom is -0.395 e. The zero-order valence-corrected chi connectivity index (χ0v) is 14.0. The van der Waals surface area contributed by atoms with E-state index in [9.17, 15) is 19.7 Å². The Kier molecular flexibility index (Phi) is 5.16. The van der Waals surface area contributed by atoms with E-state index in [-0.39, 0.29) is 18.2 Å². The van der Waals surface area contributed by atoms with Gasteiger partial charge in [-0.1, -0.05) is 18.2 Å². The quantitative estimate of drug-likeness (QED) is 0.637. The molecule has 0 spiro atoms. The lowest BCUT2D eigenvalue weighted by Crippen LogP contribution is -2.51. The number of benzene rings is 1. The zero-order chi connectivity index (χ0) is 18.5. The summed E-state index contributed by atoms with van der Waals surface area (Å²) in [5.41, 5.74) is 1.12. The van der Waals surface area contributed by atoms with E-state index >= 15 is 0 Å². The van der Waals surface area contributed by atoms with Crippen LogP contribution >= 0.6 is 0 Å². The lowest BCUT2D eigenvalue weighted by molar-refractivity contribution is -0.402. The summed E-state index contributed by atoms with van der Waals surface area (Å²) in [7, 11) is 0. The third kappa shape index (κ3) is 4.00. The third-order valence-electron chi connectivity index (χ3n) is 4.15. The van der Waals surface area contributed by atoms with Gasteiger partial charge in [0.2, 0.25) is 5.91 Å². The van der Waals surface area contributed by atoms with Crippen LogP contribution in [0, 0.1) is 10.1 Å². The number of nitrogens with one attached hydrogen (secondary N) is 1. The topological polar surface area (TPSA) is 109 Å². The lowest BCUT2D eigenvalue weighted by Gasteiger charge is -2.36. The second-order valence-corrected chi connectivity index (χ2v) is 5.78. The highest BCUT2D eigenvalue weighted by molar-refractivity contribution is 5.94. The maximum Gasteiger partial charge on any atom is 0.433 e. The number of para-hydroxylation sites is 1.